The third kappa shape index (κ3) is 9.35. The van der Waals surface area contributed by atoms with Crippen LogP contribution in [0.15, 0.2) is 76.1 Å². The molecular weight excluding hydrogens is 1020 g/mol. The number of allylic oxidation sites excluding steroid dienone is 4. The molecule has 4 aliphatic carbocycles. The fourth-order valence-corrected chi connectivity index (χ4v) is 15.0. The molecule has 3 aliphatic heterocycles. The van der Waals surface area contributed by atoms with Gasteiger partial charge in [0.25, 0.3) is 5.56 Å². The molecule has 11 rings (SSSR count). The third-order valence-electron chi connectivity index (χ3n) is 19.2. The Hall–Kier alpha value is -6.98. The van der Waals surface area contributed by atoms with Crippen molar-refractivity contribution in [1.82, 2.24) is 24.3 Å². The average molecular weight is 1090 g/mol. The van der Waals surface area contributed by atoms with Gasteiger partial charge in [-0.25, -0.2) is 14.6 Å². The quantitative estimate of drug-likeness (QED) is 0.0823. The zero-order chi connectivity index (χ0) is 56.6. The lowest BCUT2D eigenvalue weighted by Crippen LogP contribution is -2.57. The molecule has 2 aromatic heterocycles. The lowest BCUT2D eigenvalue weighted by Gasteiger charge is -2.55. The Balaban J connectivity index is 0.685. The van der Waals surface area contributed by atoms with Crippen LogP contribution < -0.4 is 15.2 Å². The first kappa shape index (κ1) is 55.0. The number of carbonyl (C=O) groups is 6. The predicted molar refractivity (Wildman–Crippen MR) is 300 cm³/mol. The van der Waals surface area contributed by atoms with E-state index in [9.17, 15) is 38.7 Å². The highest BCUT2D eigenvalue weighted by atomic mass is 16.6. The lowest BCUT2D eigenvalue weighted by atomic mass is 9.50. The number of unbranched alkanes of at least 4 members (excludes halogenated alkanes) is 2. The molecule has 1 saturated heterocycles. The van der Waals surface area contributed by atoms with E-state index in [1.165, 1.54) is 29.2 Å². The van der Waals surface area contributed by atoms with Crippen LogP contribution in [0.2, 0.25) is 0 Å². The van der Waals surface area contributed by atoms with Gasteiger partial charge in [-0.3, -0.25) is 24.0 Å². The Morgan fingerprint density at radius 3 is 2.36 bits per heavy atom. The number of piperazine rings is 1. The van der Waals surface area contributed by atoms with Crippen molar-refractivity contribution in [3.63, 3.8) is 0 Å². The molecule has 2 aromatic carbocycles. The number of ketones is 2. The van der Waals surface area contributed by atoms with Gasteiger partial charge in [-0.1, -0.05) is 38.0 Å². The van der Waals surface area contributed by atoms with Crippen LogP contribution in [0, 0.1) is 17.3 Å². The van der Waals surface area contributed by atoms with Gasteiger partial charge in [0.1, 0.15) is 12.4 Å². The van der Waals surface area contributed by atoms with Gasteiger partial charge in [-0.05, 0) is 150 Å². The van der Waals surface area contributed by atoms with Crippen LogP contribution in [0.3, 0.4) is 0 Å². The summed E-state index contributed by atoms with van der Waals surface area (Å²) in [6, 6.07) is 16.0. The van der Waals surface area contributed by atoms with E-state index in [1.807, 2.05) is 36.0 Å². The first-order valence-electron chi connectivity index (χ1n) is 28.8. The number of cyclic esters (lactones) is 1. The monoisotopic (exact) mass is 1090 g/mol. The second-order valence-electron chi connectivity index (χ2n) is 24.0. The summed E-state index contributed by atoms with van der Waals surface area (Å²) in [7, 11) is 5.94. The molecule has 0 bridgehead atoms. The van der Waals surface area contributed by atoms with Crippen molar-refractivity contribution >= 4 is 52.1 Å². The molecule has 7 aliphatic rings. The van der Waals surface area contributed by atoms with Crippen LogP contribution in [0.1, 0.15) is 138 Å². The van der Waals surface area contributed by atoms with Gasteiger partial charge in [0.2, 0.25) is 5.91 Å². The zero-order valence-corrected chi connectivity index (χ0v) is 47.3. The normalized spacial score (nSPS) is 25.7. The van der Waals surface area contributed by atoms with E-state index in [2.05, 4.69) is 43.1 Å². The number of rotatable bonds is 14. The smallest absolute Gasteiger partial charge is 0.415 e. The third-order valence-corrected chi connectivity index (χ3v) is 19.2. The number of hydrogen-bond donors (Lipinski definition) is 1. The first-order chi connectivity index (χ1) is 38.2. The molecule has 422 valence electrons. The zero-order valence-electron chi connectivity index (χ0n) is 47.3. The molecule has 3 fully saturated rings. The number of nitrogens with zero attached hydrogens (tertiary/aromatic N) is 6. The largest absolute Gasteiger partial charge is 0.458 e. The van der Waals surface area contributed by atoms with Crippen LogP contribution >= 0.6 is 0 Å². The van der Waals surface area contributed by atoms with E-state index >= 15 is 0 Å². The number of anilines is 1. The summed E-state index contributed by atoms with van der Waals surface area (Å²) in [5.41, 5.74) is 6.03. The Bertz CT molecular complexity index is 3370. The Morgan fingerprint density at radius 2 is 1.65 bits per heavy atom. The van der Waals surface area contributed by atoms with Crippen molar-refractivity contribution in [3.8, 4) is 17.1 Å². The van der Waals surface area contributed by atoms with Gasteiger partial charge in [0.05, 0.1) is 29.0 Å². The number of aromatic nitrogens is 2. The Labute approximate surface area is 466 Å². The number of fused-ring (bicyclic) bond motifs is 9. The van der Waals surface area contributed by atoms with Crippen molar-refractivity contribution in [1.29, 1.82) is 0 Å². The highest BCUT2D eigenvalue weighted by Gasteiger charge is 2.67. The minimum atomic E-state index is -1.92. The number of aliphatic hydroxyl groups is 1. The van der Waals surface area contributed by atoms with Gasteiger partial charge in [-0.15, -0.1) is 0 Å². The van der Waals surface area contributed by atoms with Crippen molar-refractivity contribution in [2.75, 3.05) is 58.8 Å². The van der Waals surface area contributed by atoms with E-state index < -0.39 is 34.6 Å². The van der Waals surface area contributed by atoms with E-state index in [4.69, 9.17) is 19.2 Å². The van der Waals surface area contributed by atoms with Crippen LogP contribution in [-0.4, -0.2) is 124 Å². The lowest BCUT2D eigenvalue weighted by molar-refractivity contribution is -0.182. The molecule has 17 heteroatoms. The van der Waals surface area contributed by atoms with E-state index in [-0.39, 0.29) is 71.5 Å². The second kappa shape index (κ2) is 21.2. The summed E-state index contributed by atoms with van der Waals surface area (Å²) in [4.78, 5) is 105. The SMILES string of the molecule is CCC1(O)C(=O)OCc2c1cc1n(c2=O)Cc2cc3c(CN(C)C)c(OC(=O)N4CCN(C(=O)CCCCCN(C)c5ccc([C@H]6C[C@@]7(C)[C@@H](CC[C@]7(OC(C)=O)C(C)=O)[C@@H]7CCC8=CC(=O)CCC8=C76)cc5)CC4)ccc3nc2-1. The highest BCUT2D eigenvalue weighted by molar-refractivity contribution is 5.94. The number of Topliss-reactive ketones (excluding diaryl/α,β-unsaturated/α-hetero) is 1. The maximum Gasteiger partial charge on any atom is 0.415 e. The van der Waals surface area contributed by atoms with Crippen molar-refractivity contribution in [2.24, 2.45) is 17.3 Å². The van der Waals surface area contributed by atoms with Crippen molar-refractivity contribution in [2.45, 2.75) is 142 Å². The summed E-state index contributed by atoms with van der Waals surface area (Å²) in [6.07, 6.45) is 9.46. The van der Waals surface area contributed by atoms with Gasteiger partial charge < -0.3 is 43.5 Å². The molecule has 6 atom stereocenters. The van der Waals surface area contributed by atoms with E-state index in [1.54, 1.807) is 41.5 Å². The molecule has 0 spiro atoms. The fraction of sp³-hybridized carbons (Fsp3) is 0.524. The molecule has 0 radical (unpaired) electrons. The Morgan fingerprint density at radius 1 is 0.900 bits per heavy atom. The topological polar surface area (TPSA) is 198 Å². The van der Waals surface area contributed by atoms with Crippen LogP contribution in [0.4, 0.5) is 10.5 Å². The van der Waals surface area contributed by atoms with Crippen molar-refractivity contribution in [3.05, 3.63) is 109 Å². The summed E-state index contributed by atoms with van der Waals surface area (Å²) < 4.78 is 19.1. The van der Waals surface area contributed by atoms with Crippen LogP contribution in [0.5, 0.6) is 5.75 Å². The second-order valence-corrected chi connectivity index (χ2v) is 24.0. The number of ether oxygens (including phenoxy) is 3. The first-order valence-corrected chi connectivity index (χ1v) is 28.8. The van der Waals surface area contributed by atoms with Crippen LogP contribution in [-0.2, 0) is 58.7 Å². The van der Waals surface area contributed by atoms with Gasteiger partial charge >= 0.3 is 18.0 Å². The molecule has 1 N–H and O–H groups in total. The van der Waals surface area contributed by atoms with Gasteiger partial charge in [0.15, 0.2) is 22.8 Å². The summed E-state index contributed by atoms with van der Waals surface area (Å²) in [5, 5.41) is 12.1. The Kier molecular flexibility index (Phi) is 14.5. The molecule has 2 amide bonds. The number of pyridine rings is 2. The molecule has 2 saturated carbocycles. The minimum Gasteiger partial charge on any atom is -0.458 e. The van der Waals surface area contributed by atoms with E-state index in [0.717, 1.165) is 73.7 Å². The van der Waals surface area contributed by atoms with Gasteiger partial charge in [-0.2, -0.15) is 0 Å². The fourth-order valence-electron chi connectivity index (χ4n) is 15.0. The molecule has 17 nitrogen and oxygen atoms in total. The predicted octanol–water partition coefficient (Wildman–Crippen LogP) is 8.27. The number of benzene rings is 2. The average Bonchev–Trinajstić information content (AvgIpc) is 4.04. The molecule has 4 aromatic rings. The maximum absolute atomic E-state index is 13.8. The standard InChI is InChI=1S/C63H74N6O11/c1-8-62(77)51-32-53-57-41(34-69(53)58(74)49(51)36-78-59(62)75)31-46-48(35-65(5)6)54(22-21-52(46)64-57)79-60(76)68-28-26-67(27-29-68)55(73)12-10-9-11-25-66(7)42-16-13-39(14-17-42)47-33-61(4)50(23-24-63(61,37(2)70)80-38(3)71)45-19-15-40-30-43(72)18-20-44(40)56(45)47/h13-14,16-17,21-22,30-32,45,47,50,77H,8-12,15,18-20,23-29,33-36H2,1-7H3/t45-,47+,50-,61-,62?,63-/m0/s1. The summed E-state index contributed by atoms with van der Waals surface area (Å²) >= 11 is 0. The number of esters is 2. The van der Waals surface area contributed by atoms with Crippen LogP contribution in [0.25, 0.3) is 22.3 Å². The molecule has 80 heavy (non-hydrogen) atoms. The minimum absolute atomic E-state index is 0.0232. The van der Waals surface area contributed by atoms with Crippen molar-refractivity contribution < 1.29 is 48.1 Å². The summed E-state index contributed by atoms with van der Waals surface area (Å²) in [6.45, 7) is 9.63. The highest BCUT2D eigenvalue weighted by Crippen LogP contribution is 2.68. The number of amides is 2. The summed E-state index contributed by atoms with van der Waals surface area (Å²) in [5.74, 6) is -0.139. The molecular formula is C63H74N6O11. The number of hydrogen-bond acceptors (Lipinski definition) is 14. The maximum atomic E-state index is 13.8. The molecule has 5 heterocycles. The van der Waals surface area contributed by atoms with E-state index in [0.29, 0.717) is 81.1 Å². The van der Waals surface area contributed by atoms with Gasteiger partial charge in [0, 0.05) is 105 Å². The number of carbonyl (C=O) groups excluding carboxylic acids is 6. The molecule has 1 unspecified atom stereocenters.